The molecule has 0 amide bonds. The van der Waals surface area contributed by atoms with Gasteiger partial charge in [0.25, 0.3) is 5.69 Å². The van der Waals surface area contributed by atoms with Crippen molar-refractivity contribution in [2.24, 2.45) is 5.92 Å². The van der Waals surface area contributed by atoms with E-state index in [1.807, 2.05) is 0 Å². The van der Waals surface area contributed by atoms with Crippen molar-refractivity contribution in [3.63, 3.8) is 0 Å². The van der Waals surface area contributed by atoms with Crippen LogP contribution in [0.25, 0.3) is 0 Å². The van der Waals surface area contributed by atoms with Crippen LogP contribution in [0.1, 0.15) is 37.7 Å². The van der Waals surface area contributed by atoms with Crippen LogP contribution in [-0.4, -0.2) is 11.5 Å². The molecule has 0 bridgehead atoms. The summed E-state index contributed by atoms with van der Waals surface area (Å²) in [5.41, 5.74) is 0.894. The summed E-state index contributed by atoms with van der Waals surface area (Å²) < 4.78 is 0. The van der Waals surface area contributed by atoms with Gasteiger partial charge in [-0.1, -0.05) is 30.9 Å². The number of hydrogen-bond acceptors (Lipinski definition) is 3. The van der Waals surface area contributed by atoms with Gasteiger partial charge < -0.3 is 5.32 Å². The van der Waals surface area contributed by atoms with Gasteiger partial charge in [0.15, 0.2) is 0 Å². The van der Waals surface area contributed by atoms with Crippen LogP contribution in [-0.2, 0) is 6.54 Å². The Balaban J connectivity index is 1.87. The van der Waals surface area contributed by atoms with E-state index in [0.29, 0.717) is 11.6 Å². The van der Waals surface area contributed by atoms with Crippen molar-refractivity contribution in [3.8, 4) is 0 Å². The third-order valence-electron chi connectivity index (χ3n) is 3.71. The van der Waals surface area contributed by atoms with Crippen molar-refractivity contribution in [1.29, 1.82) is 0 Å². The molecule has 1 aliphatic carbocycles. The lowest BCUT2D eigenvalue weighted by atomic mass is 9.89. The van der Waals surface area contributed by atoms with Crippen LogP contribution >= 0.6 is 11.6 Å². The number of nitro groups is 1. The van der Waals surface area contributed by atoms with Crippen LogP contribution in [0.5, 0.6) is 0 Å². The molecular weight excluding hydrogens is 264 g/mol. The van der Waals surface area contributed by atoms with Crippen LogP contribution in [0.4, 0.5) is 5.69 Å². The van der Waals surface area contributed by atoms with E-state index in [4.69, 9.17) is 11.6 Å². The predicted octanol–water partition coefficient (Wildman–Crippen LogP) is 3.92. The zero-order chi connectivity index (χ0) is 13.7. The molecule has 0 unspecified atom stereocenters. The Kier molecular flexibility index (Phi) is 5.16. The smallest absolute Gasteiger partial charge is 0.269 e. The van der Waals surface area contributed by atoms with Gasteiger partial charge in [0.2, 0.25) is 0 Å². The monoisotopic (exact) mass is 282 g/mol. The summed E-state index contributed by atoms with van der Waals surface area (Å²) >= 11 is 6.06. The van der Waals surface area contributed by atoms with Crippen LogP contribution in [0.2, 0.25) is 5.02 Å². The summed E-state index contributed by atoms with van der Waals surface area (Å²) in [5.74, 6) is 0.742. The first-order valence-corrected chi connectivity index (χ1v) is 7.18. The zero-order valence-electron chi connectivity index (χ0n) is 10.9. The molecule has 1 saturated carbocycles. The van der Waals surface area contributed by atoms with Crippen LogP contribution in [0.3, 0.4) is 0 Å². The van der Waals surface area contributed by atoms with Gasteiger partial charge >= 0.3 is 0 Å². The second-order valence-corrected chi connectivity index (χ2v) is 5.57. The molecule has 104 valence electrons. The highest BCUT2D eigenvalue weighted by molar-refractivity contribution is 6.31. The second kappa shape index (κ2) is 6.87. The predicted molar refractivity (Wildman–Crippen MR) is 76.4 cm³/mol. The second-order valence-electron chi connectivity index (χ2n) is 5.17. The molecule has 1 fully saturated rings. The minimum absolute atomic E-state index is 0.0962. The van der Waals surface area contributed by atoms with Gasteiger partial charge in [0.05, 0.1) is 4.92 Å². The molecular formula is C14H19ClN2O2. The summed E-state index contributed by atoms with van der Waals surface area (Å²) in [5, 5.41) is 14.7. The fourth-order valence-corrected chi connectivity index (χ4v) is 2.80. The van der Waals surface area contributed by atoms with E-state index in [0.717, 1.165) is 18.0 Å². The molecule has 0 radical (unpaired) electrons. The first-order chi connectivity index (χ1) is 9.16. The zero-order valence-corrected chi connectivity index (χ0v) is 11.7. The van der Waals surface area contributed by atoms with E-state index in [1.165, 1.54) is 38.2 Å². The Morgan fingerprint density at radius 1 is 1.32 bits per heavy atom. The lowest BCUT2D eigenvalue weighted by molar-refractivity contribution is -0.384. The largest absolute Gasteiger partial charge is 0.312 e. The Bertz CT molecular complexity index is 445. The number of hydrogen-bond donors (Lipinski definition) is 1. The number of nitro benzene ring substituents is 1. The van der Waals surface area contributed by atoms with Gasteiger partial charge in [0.1, 0.15) is 0 Å². The van der Waals surface area contributed by atoms with Gasteiger partial charge in [-0.05, 0) is 36.9 Å². The number of halogens is 1. The molecule has 1 aromatic rings. The van der Waals surface area contributed by atoms with E-state index >= 15 is 0 Å². The van der Waals surface area contributed by atoms with E-state index in [1.54, 1.807) is 12.1 Å². The average molecular weight is 283 g/mol. The Morgan fingerprint density at radius 3 is 2.74 bits per heavy atom. The van der Waals surface area contributed by atoms with E-state index in [-0.39, 0.29) is 10.6 Å². The van der Waals surface area contributed by atoms with Crippen LogP contribution in [0.15, 0.2) is 18.2 Å². The maximum atomic E-state index is 10.7. The summed E-state index contributed by atoms with van der Waals surface area (Å²) in [6.07, 6.45) is 6.58. The summed E-state index contributed by atoms with van der Waals surface area (Å²) in [6.45, 7) is 1.57. The molecule has 2 rings (SSSR count). The summed E-state index contributed by atoms with van der Waals surface area (Å²) in [6, 6.07) is 4.58. The highest BCUT2D eigenvalue weighted by atomic mass is 35.5. The maximum Gasteiger partial charge on any atom is 0.269 e. The molecule has 1 aromatic carbocycles. The lowest BCUT2D eigenvalue weighted by Gasteiger charge is -2.21. The molecule has 0 atom stereocenters. The van der Waals surface area contributed by atoms with E-state index in [9.17, 15) is 10.1 Å². The highest BCUT2D eigenvalue weighted by Crippen LogP contribution is 2.24. The number of benzene rings is 1. The minimum Gasteiger partial charge on any atom is -0.312 e. The first kappa shape index (κ1) is 14.3. The number of nitrogens with zero attached hydrogens (tertiary/aromatic N) is 1. The molecule has 0 aliphatic heterocycles. The molecule has 1 N–H and O–H groups in total. The third kappa shape index (κ3) is 4.18. The summed E-state index contributed by atoms with van der Waals surface area (Å²) in [4.78, 5) is 10.3. The highest BCUT2D eigenvalue weighted by Gasteiger charge is 2.14. The van der Waals surface area contributed by atoms with Gasteiger partial charge in [-0.15, -0.1) is 0 Å². The van der Waals surface area contributed by atoms with E-state index < -0.39 is 0 Å². The number of non-ortho nitro benzene ring substituents is 1. The quantitative estimate of drug-likeness (QED) is 0.658. The molecule has 0 heterocycles. The topological polar surface area (TPSA) is 55.2 Å². The van der Waals surface area contributed by atoms with Crippen molar-refractivity contribution in [3.05, 3.63) is 38.9 Å². The standard InChI is InChI=1S/C14H19ClN2O2/c15-14-7-6-13(17(18)19)8-12(14)10-16-9-11-4-2-1-3-5-11/h6-8,11,16H,1-5,9-10H2. The molecule has 4 nitrogen and oxygen atoms in total. The molecule has 0 spiro atoms. The van der Waals surface area contributed by atoms with Gasteiger partial charge in [-0.2, -0.15) is 0 Å². The van der Waals surface area contributed by atoms with Crippen LogP contribution < -0.4 is 5.32 Å². The Hall–Kier alpha value is -1.13. The Morgan fingerprint density at radius 2 is 2.05 bits per heavy atom. The fraction of sp³-hybridized carbons (Fsp3) is 0.571. The van der Waals surface area contributed by atoms with Gasteiger partial charge in [-0.25, -0.2) is 0 Å². The molecule has 5 heteroatoms. The van der Waals surface area contributed by atoms with Crippen molar-refractivity contribution in [2.45, 2.75) is 38.6 Å². The van der Waals surface area contributed by atoms with Crippen molar-refractivity contribution >= 4 is 17.3 Å². The molecule has 1 aliphatic rings. The minimum atomic E-state index is -0.388. The SMILES string of the molecule is O=[N+]([O-])c1ccc(Cl)c(CNCC2CCCCC2)c1. The van der Waals surface area contributed by atoms with Crippen molar-refractivity contribution < 1.29 is 4.92 Å². The average Bonchev–Trinajstić information content (AvgIpc) is 2.42. The fourth-order valence-electron chi connectivity index (χ4n) is 2.61. The van der Waals surface area contributed by atoms with Crippen molar-refractivity contribution in [1.82, 2.24) is 5.32 Å². The normalized spacial score (nSPS) is 16.5. The van der Waals surface area contributed by atoms with Gasteiger partial charge in [0, 0.05) is 23.7 Å². The van der Waals surface area contributed by atoms with Crippen molar-refractivity contribution in [2.75, 3.05) is 6.54 Å². The molecule has 0 aromatic heterocycles. The number of rotatable bonds is 5. The number of nitrogens with one attached hydrogen (secondary N) is 1. The van der Waals surface area contributed by atoms with Gasteiger partial charge in [-0.3, -0.25) is 10.1 Å². The lowest BCUT2D eigenvalue weighted by Crippen LogP contribution is -2.24. The van der Waals surface area contributed by atoms with E-state index in [2.05, 4.69) is 5.32 Å². The first-order valence-electron chi connectivity index (χ1n) is 6.80. The third-order valence-corrected chi connectivity index (χ3v) is 4.08. The van der Waals surface area contributed by atoms with Crippen LogP contribution in [0, 0.1) is 16.0 Å². The molecule has 19 heavy (non-hydrogen) atoms. The summed E-state index contributed by atoms with van der Waals surface area (Å²) in [7, 11) is 0. The Labute approximate surface area is 118 Å². The maximum absolute atomic E-state index is 10.7. The molecule has 0 saturated heterocycles.